The fourth-order valence-electron chi connectivity index (χ4n) is 0.860. The zero-order chi connectivity index (χ0) is 10.0. The molecule has 2 nitrogen and oxygen atoms in total. The molecule has 0 atom stereocenters. The van der Waals surface area contributed by atoms with E-state index in [1.807, 2.05) is 0 Å². The molecule has 13 heavy (non-hydrogen) atoms. The molecule has 0 aromatic heterocycles. The lowest BCUT2D eigenvalue weighted by molar-refractivity contribution is 0.0957. The van der Waals surface area contributed by atoms with Gasteiger partial charge in [0.05, 0.1) is 5.56 Å². The summed E-state index contributed by atoms with van der Waals surface area (Å²) < 4.78 is 25.9. The third kappa shape index (κ3) is 1.85. The van der Waals surface area contributed by atoms with Crippen LogP contribution in [-0.4, -0.2) is 13.0 Å². The van der Waals surface area contributed by atoms with Gasteiger partial charge in [0.1, 0.15) is 0 Å². The lowest BCUT2D eigenvalue weighted by Crippen LogP contribution is -2.20. The van der Waals surface area contributed by atoms with Crippen molar-refractivity contribution in [2.75, 3.05) is 7.05 Å². The Bertz CT molecular complexity index is 354. The second-order valence-corrected chi connectivity index (χ2v) is 3.15. The maximum atomic E-state index is 13.0. The van der Waals surface area contributed by atoms with Crippen LogP contribution in [0.5, 0.6) is 0 Å². The number of amides is 1. The van der Waals surface area contributed by atoms with Crippen LogP contribution in [0.15, 0.2) is 16.6 Å². The third-order valence-electron chi connectivity index (χ3n) is 1.50. The summed E-state index contributed by atoms with van der Waals surface area (Å²) in [6.45, 7) is 0. The topological polar surface area (TPSA) is 29.1 Å². The predicted molar refractivity (Wildman–Crippen MR) is 47.4 cm³/mol. The minimum absolute atomic E-state index is 0.228. The highest BCUT2D eigenvalue weighted by molar-refractivity contribution is 9.10. The van der Waals surface area contributed by atoms with Crippen LogP contribution in [0.4, 0.5) is 8.78 Å². The van der Waals surface area contributed by atoms with E-state index in [2.05, 4.69) is 21.2 Å². The van der Waals surface area contributed by atoms with Crippen LogP contribution in [0.2, 0.25) is 0 Å². The number of carbonyl (C=O) groups excluding carboxylic acids is 1. The van der Waals surface area contributed by atoms with Crippen LogP contribution in [0.3, 0.4) is 0 Å². The van der Waals surface area contributed by atoms with Crippen molar-refractivity contribution in [3.8, 4) is 0 Å². The van der Waals surface area contributed by atoms with Gasteiger partial charge in [-0.1, -0.05) is 0 Å². The Labute approximate surface area is 82.1 Å². The summed E-state index contributed by atoms with van der Waals surface area (Å²) in [4.78, 5) is 11.1. The summed E-state index contributed by atoms with van der Waals surface area (Å²) in [6.07, 6.45) is 0. The first-order valence-electron chi connectivity index (χ1n) is 3.43. The third-order valence-corrected chi connectivity index (χ3v) is 2.16. The summed E-state index contributed by atoms with van der Waals surface area (Å²) in [5.74, 6) is -2.85. The number of hydrogen-bond acceptors (Lipinski definition) is 1. The lowest BCUT2D eigenvalue weighted by Gasteiger charge is -2.04. The minimum atomic E-state index is -1.14. The molecule has 1 amide bonds. The minimum Gasteiger partial charge on any atom is -0.355 e. The van der Waals surface area contributed by atoms with Gasteiger partial charge in [-0.15, -0.1) is 0 Å². The SMILES string of the molecule is CNC(=O)c1c(Br)ccc(F)c1F. The number of carbonyl (C=O) groups is 1. The van der Waals surface area contributed by atoms with Crippen molar-refractivity contribution in [1.82, 2.24) is 5.32 Å². The van der Waals surface area contributed by atoms with E-state index in [9.17, 15) is 13.6 Å². The molecule has 0 saturated heterocycles. The van der Waals surface area contributed by atoms with Crippen LogP contribution in [0.25, 0.3) is 0 Å². The molecule has 0 saturated carbocycles. The van der Waals surface area contributed by atoms with Gasteiger partial charge in [-0.2, -0.15) is 0 Å². The molecule has 0 unspecified atom stereocenters. The second kappa shape index (κ2) is 3.83. The monoisotopic (exact) mass is 249 g/mol. The number of hydrogen-bond donors (Lipinski definition) is 1. The number of rotatable bonds is 1. The molecule has 0 heterocycles. The van der Waals surface area contributed by atoms with Crippen LogP contribution < -0.4 is 5.32 Å². The van der Waals surface area contributed by atoms with Gasteiger partial charge < -0.3 is 5.32 Å². The van der Waals surface area contributed by atoms with E-state index in [4.69, 9.17) is 0 Å². The Morgan fingerprint density at radius 3 is 2.62 bits per heavy atom. The smallest absolute Gasteiger partial charge is 0.255 e. The zero-order valence-electron chi connectivity index (χ0n) is 6.70. The zero-order valence-corrected chi connectivity index (χ0v) is 8.28. The lowest BCUT2D eigenvalue weighted by atomic mass is 10.2. The average Bonchev–Trinajstić information content (AvgIpc) is 2.12. The Balaban J connectivity index is 3.33. The van der Waals surface area contributed by atoms with Gasteiger partial charge in [0.2, 0.25) is 0 Å². The van der Waals surface area contributed by atoms with Crippen LogP contribution in [-0.2, 0) is 0 Å². The van der Waals surface area contributed by atoms with Crippen molar-refractivity contribution in [2.24, 2.45) is 0 Å². The number of benzene rings is 1. The fraction of sp³-hybridized carbons (Fsp3) is 0.125. The van der Waals surface area contributed by atoms with Crippen molar-refractivity contribution >= 4 is 21.8 Å². The van der Waals surface area contributed by atoms with E-state index in [1.165, 1.54) is 13.1 Å². The van der Waals surface area contributed by atoms with Crippen molar-refractivity contribution in [2.45, 2.75) is 0 Å². The standard InChI is InChI=1S/C8H6BrF2NO/c1-12-8(13)6-4(9)2-3-5(10)7(6)11/h2-3H,1H3,(H,12,13). The van der Waals surface area contributed by atoms with Gasteiger partial charge in [-0.3, -0.25) is 4.79 Å². The van der Waals surface area contributed by atoms with E-state index < -0.39 is 17.5 Å². The summed E-state index contributed by atoms with van der Waals surface area (Å²) in [5.41, 5.74) is -0.317. The second-order valence-electron chi connectivity index (χ2n) is 2.30. The molecule has 0 aliphatic rings. The molecular weight excluding hydrogens is 244 g/mol. The molecule has 1 aromatic carbocycles. The molecule has 1 N–H and O–H groups in total. The Morgan fingerprint density at radius 1 is 1.46 bits per heavy atom. The first-order valence-corrected chi connectivity index (χ1v) is 4.22. The fourth-order valence-corrected chi connectivity index (χ4v) is 1.35. The molecule has 0 aliphatic heterocycles. The van der Waals surface area contributed by atoms with E-state index in [1.54, 1.807) is 0 Å². The molecule has 1 aromatic rings. The molecule has 0 aliphatic carbocycles. The summed E-state index contributed by atoms with van der Waals surface area (Å²) in [6, 6.07) is 2.23. The molecule has 5 heteroatoms. The van der Waals surface area contributed by atoms with Gasteiger partial charge in [-0.25, -0.2) is 8.78 Å². The van der Waals surface area contributed by atoms with Gasteiger partial charge >= 0.3 is 0 Å². The quantitative estimate of drug-likeness (QED) is 0.759. The summed E-state index contributed by atoms with van der Waals surface area (Å²) >= 11 is 2.96. The molecule has 0 spiro atoms. The maximum Gasteiger partial charge on any atom is 0.255 e. The van der Waals surface area contributed by atoms with Crippen molar-refractivity contribution in [3.05, 3.63) is 33.8 Å². The highest BCUT2D eigenvalue weighted by Crippen LogP contribution is 2.21. The molecule has 1 rings (SSSR count). The number of halogens is 3. The average molecular weight is 250 g/mol. The number of nitrogens with one attached hydrogen (secondary N) is 1. The molecular formula is C8H6BrF2NO. The van der Waals surface area contributed by atoms with Crippen molar-refractivity contribution in [3.63, 3.8) is 0 Å². The summed E-state index contributed by atoms with van der Waals surface area (Å²) in [7, 11) is 1.35. The van der Waals surface area contributed by atoms with Crippen molar-refractivity contribution in [1.29, 1.82) is 0 Å². The Morgan fingerprint density at radius 2 is 2.08 bits per heavy atom. The van der Waals surface area contributed by atoms with Crippen LogP contribution in [0, 0.1) is 11.6 Å². The Kier molecular flexibility index (Phi) is 2.98. The van der Waals surface area contributed by atoms with E-state index >= 15 is 0 Å². The van der Waals surface area contributed by atoms with E-state index in [0.717, 1.165) is 6.07 Å². The largest absolute Gasteiger partial charge is 0.355 e. The van der Waals surface area contributed by atoms with Gasteiger partial charge in [-0.05, 0) is 28.1 Å². The first kappa shape index (κ1) is 10.1. The van der Waals surface area contributed by atoms with Crippen molar-refractivity contribution < 1.29 is 13.6 Å². The van der Waals surface area contributed by atoms with Gasteiger partial charge in [0.15, 0.2) is 11.6 Å². The van der Waals surface area contributed by atoms with E-state index in [-0.39, 0.29) is 10.0 Å². The van der Waals surface area contributed by atoms with Gasteiger partial charge in [0, 0.05) is 11.5 Å². The first-order chi connectivity index (χ1) is 6.07. The van der Waals surface area contributed by atoms with E-state index in [0.29, 0.717) is 0 Å². The van der Waals surface area contributed by atoms with Gasteiger partial charge in [0.25, 0.3) is 5.91 Å². The van der Waals surface area contributed by atoms with Crippen LogP contribution >= 0.6 is 15.9 Å². The van der Waals surface area contributed by atoms with Crippen LogP contribution in [0.1, 0.15) is 10.4 Å². The molecule has 0 fully saturated rings. The molecule has 0 bridgehead atoms. The molecule has 0 radical (unpaired) electrons. The maximum absolute atomic E-state index is 13.0. The molecule has 70 valence electrons. The normalized spacial score (nSPS) is 9.85. The highest BCUT2D eigenvalue weighted by atomic mass is 79.9. The summed E-state index contributed by atoms with van der Waals surface area (Å²) in [5, 5.41) is 2.21. The highest BCUT2D eigenvalue weighted by Gasteiger charge is 2.17. The Hall–Kier alpha value is -0.970. The predicted octanol–water partition coefficient (Wildman–Crippen LogP) is 2.09.